The Balaban J connectivity index is 0.00000105. The first-order valence-corrected chi connectivity index (χ1v) is 25.9. The third kappa shape index (κ3) is 25.7. The van der Waals surface area contributed by atoms with Gasteiger partial charge in [0.2, 0.25) is 38.5 Å². The fourth-order valence-corrected chi connectivity index (χ4v) is 8.24. The Labute approximate surface area is 494 Å². The molecule has 1 radical (unpaired) electrons. The summed E-state index contributed by atoms with van der Waals surface area (Å²) >= 11 is 0. The van der Waals surface area contributed by atoms with E-state index in [9.17, 15) is 28.8 Å². The Hall–Kier alpha value is -8.77. The second kappa shape index (κ2) is 42.2. The molecule has 0 aromatic heterocycles. The molecule has 6 amide bonds. The van der Waals surface area contributed by atoms with Crippen molar-refractivity contribution in [3.8, 4) is 0 Å². The molecule has 15 heteroatoms. The van der Waals surface area contributed by atoms with Gasteiger partial charge in [0.1, 0.15) is 12.3 Å². The number of carbonyl (C=O) groups is 6. The number of nitrogens with zero attached hydrogens (tertiary/aromatic N) is 6. The van der Waals surface area contributed by atoms with Gasteiger partial charge in [0.15, 0.2) is 0 Å². The van der Waals surface area contributed by atoms with Crippen LogP contribution in [0.3, 0.4) is 0 Å². The van der Waals surface area contributed by atoms with Crippen molar-refractivity contribution in [2.24, 2.45) is 0 Å². The minimum absolute atomic E-state index is 0. The summed E-state index contributed by atoms with van der Waals surface area (Å²) in [5, 5.41) is 0. The van der Waals surface area contributed by atoms with E-state index < -0.39 is 12.3 Å². The van der Waals surface area contributed by atoms with Crippen LogP contribution in [0.2, 0.25) is 0 Å². The van der Waals surface area contributed by atoms with Crippen molar-refractivity contribution in [3.63, 3.8) is 0 Å². The van der Waals surface area contributed by atoms with Crippen molar-refractivity contribution in [2.45, 2.75) is 0 Å². The monoisotopic (exact) mass is 1130 g/mol. The molecule has 0 fully saturated rings. The minimum Gasteiger partial charge on any atom is -0.351 e. The molecule has 0 spiro atoms. The van der Waals surface area contributed by atoms with Gasteiger partial charge in [-0.15, -0.1) is 0 Å². The van der Waals surface area contributed by atoms with Crippen LogP contribution in [0.25, 0.3) is 0 Å². The van der Waals surface area contributed by atoms with E-state index in [2.05, 4.69) is 243 Å². The summed E-state index contributed by atoms with van der Waals surface area (Å²) in [7, 11) is 20.2. The van der Waals surface area contributed by atoms with Crippen molar-refractivity contribution < 1.29 is 45.8 Å². The average molecular weight is 1130 g/mol. The molecule has 0 aliphatic heterocycles. The van der Waals surface area contributed by atoms with Crippen molar-refractivity contribution in [1.29, 1.82) is 0 Å². The molecular weight excluding hydrogens is 1050 g/mol. The smallest absolute Gasteiger partial charge is 0.351 e. The molecule has 8 rings (SSSR count). The normalized spacial score (nSPS) is 9.43. The van der Waals surface area contributed by atoms with Crippen molar-refractivity contribution >= 4 is 94.5 Å². The quantitative estimate of drug-likeness (QED) is 0.118. The first-order valence-electron chi connectivity index (χ1n) is 25.9. The van der Waals surface area contributed by atoms with Crippen LogP contribution < -0.4 is 43.7 Å². The van der Waals surface area contributed by atoms with Crippen LogP contribution >= 0.6 is 0 Å². The third-order valence-corrected chi connectivity index (χ3v) is 11.7. The molecule has 0 bridgehead atoms. The molecule has 425 valence electrons. The molecule has 12 nitrogen and oxygen atoms in total. The molecule has 0 aliphatic carbocycles. The second-order valence-corrected chi connectivity index (χ2v) is 19.4. The summed E-state index contributed by atoms with van der Waals surface area (Å²) in [6.07, 6.45) is 2.07. The predicted octanol–water partition coefficient (Wildman–Crippen LogP) is 4.35. The van der Waals surface area contributed by atoms with Crippen LogP contribution in [0.15, 0.2) is 243 Å². The Kier molecular flexibility index (Phi) is 37.6. The van der Waals surface area contributed by atoms with E-state index in [1.165, 1.54) is 73.1 Å². The zero-order valence-electron chi connectivity index (χ0n) is 49.2. The van der Waals surface area contributed by atoms with E-state index in [4.69, 9.17) is 0 Å². The molecule has 0 aliphatic rings. The molecule has 8 aromatic carbocycles. The van der Waals surface area contributed by atoms with Gasteiger partial charge >= 0.3 is 17.1 Å². The van der Waals surface area contributed by atoms with Crippen LogP contribution in [-0.4, -0.2) is 165 Å². The van der Waals surface area contributed by atoms with Crippen LogP contribution in [0.4, 0.5) is 0 Å². The van der Waals surface area contributed by atoms with Gasteiger partial charge < -0.3 is 29.4 Å². The van der Waals surface area contributed by atoms with Crippen LogP contribution in [0.5, 0.6) is 0 Å². The molecule has 81 heavy (non-hydrogen) atoms. The number of amides is 6. The minimum atomic E-state index is -1.22. The van der Waals surface area contributed by atoms with Crippen LogP contribution in [0.1, 0.15) is 0 Å². The summed E-state index contributed by atoms with van der Waals surface area (Å²) in [5.74, 6) is 0. The Morgan fingerprint density at radius 1 is 0.198 bits per heavy atom. The first kappa shape index (κ1) is 72.2. The predicted molar refractivity (Wildman–Crippen MR) is 339 cm³/mol. The maximum absolute atomic E-state index is 9.43. The molecule has 0 atom stereocenters. The summed E-state index contributed by atoms with van der Waals surface area (Å²) < 4.78 is 0. The average Bonchev–Trinajstić information content (AvgIpc) is 3.50. The Morgan fingerprint density at radius 2 is 0.272 bits per heavy atom. The van der Waals surface area contributed by atoms with Gasteiger partial charge in [0, 0.05) is 84.6 Å². The van der Waals surface area contributed by atoms with E-state index in [0.717, 1.165) is 38.5 Å². The fraction of sp³-hybridized carbons (Fsp3) is 0.182. The van der Waals surface area contributed by atoms with Gasteiger partial charge in [-0.3, -0.25) is 28.8 Å². The molecule has 0 heterocycles. The maximum Gasteiger partial charge on any atom is 2.00 e. The third-order valence-electron chi connectivity index (χ3n) is 11.7. The van der Waals surface area contributed by atoms with Crippen molar-refractivity contribution in [1.82, 2.24) is 29.4 Å². The Morgan fingerprint density at radius 3 is 0.333 bits per heavy atom. The zero-order valence-corrected chi connectivity index (χ0v) is 50.4. The number of rotatable bonds is 14. The van der Waals surface area contributed by atoms with E-state index in [1.807, 2.05) is 0 Å². The van der Waals surface area contributed by atoms with Crippen molar-refractivity contribution in [3.05, 3.63) is 243 Å². The van der Waals surface area contributed by atoms with E-state index in [0.29, 0.717) is 0 Å². The number of benzene rings is 8. The van der Waals surface area contributed by atoms with Gasteiger partial charge in [-0.1, -0.05) is 243 Å². The number of carbonyl (C=O) groups excluding carboxylic acids is 6. The number of hydrogen-bond acceptors (Lipinski definition) is 6. The maximum atomic E-state index is 9.43. The van der Waals surface area contributed by atoms with E-state index >= 15 is 0 Å². The van der Waals surface area contributed by atoms with Gasteiger partial charge in [0.05, 0.1) is 0 Å². The largest absolute Gasteiger partial charge is 2.00 e. The van der Waals surface area contributed by atoms with Gasteiger partial charge in [-0.25, -0.2) is 0 Å². The summed E-state index contributed by atoms with van der Waals surface area (Å²) in [6, 6.07) is 87.1. The second-order valence-electron chi connectivity index (χ2n) is 19.4. The molecule has 8 aromatic rings. The summed E-state index contributed by atoms with van der Waals surface area (Å²) in [6.45, 7) is 0. The molecule has 0 saturated carbocycles. The van der Waals surface area contributed by atoms with Crippen LogP contribution in [-0.2, 0) is 45.8 Å². The van der Waals surface area contributed by atoms with Crippen molar-refractivity contribution in [2.75, 3.05) is 84.6 Å². The zero-order chi connectivity index (χ0) is 59.6. The van der Waals surface area contributed by atoms with E-state index in [1.54, 1.807) is 84.6 Å². The molecular formula is C66H82B2MnN6O6. The standard InChI is InChI=1S/2C24H20B.6C3H7NO.Mn/c2*1-5-13-21(14-6-1)25(22-15-7-2-8-16-22,23-17-9-3-10-18-23)24-19-11-4-12-20-24;6*1-4(2)3-5;/h2*1-20H;6*3H,1-2H3;/q2*-1;;;;;;;+2. The molecule has 0 saturated heterocycles. The fourth-order valence-electron chi connectivity index (χ4n) is 8.24. The van der Waals surface area contributed by atoms with E-state index in [-0.39, 0.29) is 17.1 Å². The van der Waals surface area contributed by atoms with Gasteiger partial charge in [0.25, 0.3) is 0 Å². The van der Waals surface area contributed by atoms with Gasteiger partial charge in [-0.05, 0) is 0 Å². The van der Waals surface area contributed by atoms with Crippen LogP contribution in [0, 0.1) is 0 Å². The molecule has 0 N–H and O–H groups in total. The number of hydrogen-bond donors (Lipinski definition) is 0. The van der Waals surface area contributed by atoms with Gasteiger partial charge in [-0.2, -0.15) is 43.7 Å². The first-order chi connectivity index (χ1) is 38.5. The SMILES string of the molecule is CN(C)C=O.CN(C)C=O.CN(C)C=O.CN(C)C=O.CN(C)C=O.CN(C)C=O.[Mn+2].c1ccc([B-](c2ccccc2)(c2ccccc2)c2ccccc2)cc1.c1ccc([B-](c2ccccc2)(c2ccccc2)c2ccccc2)cc1. The summed E-state index contributed by atoms with van der Waals surface area (Å²) in [5.41, 5.74) is 10.7. The molecule has 0 unspecified atom stereocenters. The summed E-state index contributed by atoms with van der Waals surface area (Å²) in [4.78, 5) is 65.2. The topological polar surface area (TPSA) is 122 Å². The Bertz CT molecular complexity index is 2260.